The smallest absolute Gasteiger partial charge is 0.179 e. The number of carbonyl (C=O) groups excluding carboxylic acids is 1. The van der Waals surface area contributed by atoms with Crippen LogP contribution in [0.5, 0.6) is 5.75 Å². The number of Topliss-reactive ketones (excluding diaryl/α,β-unsaturated/α-hetero) is 1. The molecule has 2 N–H and O–H groups in total. The SMILES string of the molecule is CC(C)C(N)C(=O)c1ccc(OC2CC2)cc1. The molecular formula is C14H19NO2. The Morgan fingerprint density at radius 2 is 1.88 bits per heavy atom. The van der Waals surface area contributed by atoms with Crippen LogP contribution in [0.2, 0.25) is 0 Å². The minimum atomic E-state index is -0.426. The van der Waals surface area contributed by atoms with Crippen molar-refractivity contribution >= 4 is 5.78 Å². The molecule has 0 spiro atoms. The molecule has 3 nitrogen and oxygen atoms in total. The average molecular weight is 233 g/mol. The largest absolute Gasteiger partial charge is 0.490 e. The normalized spacial score (nSPS) is 16.9. The zero-order valence-corrected chi connectivity index (χ0v) is 10.3. The molecule has 1 saturated carbocycles. The molecule has 3 heteroatoms. The van der Waals surface area contributed by atoms with E-state index in [4.69, 9.17) is 10.5 Å². The second-order valence-electron chi connectivity index (χ2n) is 4.98. The van der Waals surface area contributed by atoms with E-state index in [0.29, 0.717) is 11.7 Å². The summed E-state index contributed by atoms with van der Waals surface area (Å²) >= 11 is 0. The van der Waals surface area contributed by atoms with Gasteiger partial charge in [-0.25, -0.2) is 0 Å². The van der Waals surface area contributed by atoms with Crippen molar-refractivity contribution in [3.8, 4) is 5.75 Å². The van der Waals surface area contributed by atoms with Gasteiger partial charge in [-0.15, -0.1) is 0 Å². The van der Waals surface area contributed by atoms with Crippen LogP contribution in [-0.4, -0.2) is 17.9 Å². The maximum atomic E-state index is 12.0. The third kappa shape index (κ3) is 3.07. The molecule has 0 saturated heterocycles. The summed E-state index contributed by atoms with van der Waals surface area (Å²) in [6.45, 7) is 3.90. The van der Waals surface area contributed by atoms with Crippen molar-refractivity contribution < 1.29 is 9.53 Å². The average Bonchev–Trinajstić information content (AvgIpc) is 3.12. The van der Waals surface area contributed by atoms with Gasteiger partial charge < -0.3 is 10.5 Å². The first kappa shape index (κ1) is 12.1. The van der Waals surface area contributed by atoms with E-state index in [1.165, 1.54) is 0 Å². The predicted molar refractivity (Wildman–Crippen MR) is 67.2 cm³/mol. The second-order valence-corrected chi connectivity index (χ2v) is 4.98. The standard InChI is InChI=1S/C14H19NO2/c1-9(2)13(15)14(16)10-3-5-11(6-4-10)17-12-7-8-12/h3-6,9,12-13H,7-8,15H2,1-2H3. The molecule has 92 valence electrons. The van der Waals surface area contributed by atoms with Crippen molar-refractivity contribution in [2.24, 2.45) is 11.7 Å². The van der Waals surface area contributed by atoms with Crippen molar-refractivity contribution in [1.29, 1.82) is 0 Å². The number of hydrogen-bond donors (Lipinski definition) is 1. The number of rotatable bonds is 5. The molecule has 0 aromatic heterocycles. The molecule has 0 amide bonds. The van der Waals surface area contributed by atoms with Crippen LogP contribution in [0.25, 0.3) is 0 Å². The van der Waals surface area contributed by atoms with Crippen molar-refractivity contribution in [1.82, 2.24) is 0 Å². The third-order valence-corrected chi connectivity index (χ3v) is 2.99. The van der Waals surface area contributed by atoms with Crippen LogP contribution in [0.1, 0.15) is 37.0 Å². The van der Waals surface area contributed by atoms with E-state index in [1.54, 1.807) is 12.1 Å². The number of carbonyl (C=O) groups is 1. The summed E-state index contributed by atoms with van der Waals surface area (Å²) in [7, 11) is 0. The summed E-state index contributed by atoms with van der Waals surface area (Å²) in [4.78, 5) is 12.0. The Hall–Kier alpha value is -1.35. The molecule has 1 aromatic rings. The van der Waals surface area contributed by atoms with E-state index in [0.717, 1.165) is 18.6 Å². The Bertz CT molecular complexity index is 393. The summed E-state index contributed by atoms with van der Waals surface area (Å²) in [6, 6.07) is 6.85. The third-order valence-electron chi connectivity index (χ3n) is 2.99. The van der Waals surface area contributed by atoms with Crippen molar-refractivity contribution in [3.05, 3.63) is 29.8 Å². The van der Waals surface area contributed by atoms with Crippen LogP contribution < -0.4 is 10.5 Å². The lowest BCUT2D eigenvalue weighted by Crippen LogP contribution is -2.35. The highest BCUT2D eigenvalue weighted by atomic mass is 16.5. The van der Waals surface area contributed by atoms with Gasteiger partial charge in [0.15, 0.2) is 5.78 Å². The maximum Gasteiger partial charge on any atom is 0.179 e. The summed E-state index contributed by atoms with van der Waals surface area (Å²) in [5.41, 5.74) is 6.50. The van der Waals surface area contributed by atoms with Crippen LogP contribution in [0.3, 0.4) is 0 Å². The van der Waals surface area contributed by atoms with Gasteiger partial charge in [-0.3, -0.25) is 4.79 Å². The van der Waals surface area contributed by atoms with Crippen molar-refractivity contribution in [3.63, 3.8) is 0 Å². The highest BCUT2D eigenvalue weighted by Crippen LogP contribution is 2.26. The fourth-order valence-electron chi connectivity index (χ4n) is 1.57. The lowest BCUT2D eigenvalue weighted by Gasteiger charge is -2.14. The highest BCUT2D eigenvalue weighted by molar-refractivity contribution is 6.00. The molecule has 1 atom stereocenters. The summed E-state index contributed by atoms with van der Waals surface area (Å²) in [5.74, 6) is 0.991. The second kappa shape index (κ2) is 4.88. The number of ether oxygens (including phenoxy) is 1. The predicted octanol–water partition coefficient (Wildman–Crippen LogP) is 2.39. The van der Waals surface area contributed by atoms with Gasteiger partial charge in [0.1, 0.15) is 5.75 Å². The molecule has 0 bridgehead atoms. The molecule has 0 aliphatic heterocycles. The Kier molecular flexibility index (Phi) is 3.48. The van der Waals surface area contributed by atoms with E-state index in [1.807, 2.05) is 26.0 Å². The van der Waals surface area contributed by atoms with Crippen molar-refractivity contribution in [2.45, 2.75) is 38.8 Å². The van der Waals surface area contributed by atoms with Crippen molar-refractivity contribution in [2.75, 3.05) is 0 Å². The molecule has 1 unspecified atom stereocenters. The summed E-state index contributed by atoms with van der Waals surface area (Å²) < 4.78 is 5.63. The highest BCUT2D eigenvalue weighted by Gasteiger charge is 2.24. The first-order valence-electron chi connectivity index (χ1n) is 6.14. The first-order valence-corrected chi connectivity index (χ1v) is 6.14. The van der Waals surface area contributed by atoms with E-state index >= 15 is 0 Å². The van der Waals surface area contributed by atoms with Gasteiger partial charge in [0.05, 0.1) is 12.1 Å². The lowest BCUT2D eigenvalue weighted by atomic mass is 9.96. The van der Waals surface area contributed by atoms with Crippen LogP contribution in [0.15, 0.2) is 24.3 Å². The number of ketones is 1. The summed E-state index contributed by atoms with van der Waals surface area (Å²) in [6.07, 6.45) is 2.66. The van der Waals surface area contributed by atoms with Gasteiger partial charge in [0.2, 0.25) is 0 Å². The van der Waals surface area contributed by atoms with E-state index in [9.17, 15) is 4.79 Å². The number of benzene rings is 1. The Balaban J connectivity index is 2.03. The minimum absolute atomic E-state index is 0.00188. The molecule has 17 heavy (non-hydrogen) atoms. The Labute approximate surface area is 102 Å². The van der Waals surface area contributed by atoms with Gasteiger partial charge in [-0.1, -0.05) is 13.8 Å². The Morgan fingerprint density at radius 1 is 1.29 bits per heavy atom. The molecule has 1 fully saturated rings. The zero-order chi connectivity index (χ0) is 12.4. The van der Waals surface area contributed by atoms with Crippen LogP contribution >= 0.6 is 0 Å². The van der Waals surface area contributed by atoms with Crippen LogP contribution in [0.4, 0.5) is 0 Å². The number of nitrogens with two attached hydrogens (primary N) is 1. The molecule has 2 rings (SSSR count). The molecule has 0 radical (unpaired) electrons. The van der Waals surface area contributed by atoms with Gasteiger partial charge >= 0.3 is 0 Å². The molecule has 0 heterocycles. The molecule has 1 aliphatic rings. The van der Waals surface area contributed by atoms with E-state index in [-0.39, 0.29) is 11.7 Å². The van der Waals surface area contributed by atoms with E-state index < -0.39 is 6.04 Å². The van der Waals surface area contributed by atoms with Gasteiger partial charge in [-0.05, 0) is 43.0 Å². The Morgan fingerprint density at radius 3 is 2.35 bits per heavy atom. The van der Waals surface area contributed by atoms with E-state index in [2.05, 4.69) is 0 Å². The fraction of sp³-hybridized carbons (Fsp3) is 0.500. The van der Waals surface area contributed by atoms with Gasteiger partial charge in [-0.2, -0.15) is 0 Å². The van der Waals surface area contributed by atoms with Crippen LogP contribution in [-0.2, 0) is 0 Å². The topological polar surface area (TPSA) is 52.3 Å². The molecule has 1 aromatic carbocycles. The maximum absolute atomic E-state index is 12.0. The number of hydrogen-bond acceptors (Lipinski definition) is 3. The van der Waals surface area contributed by atoms with Crippen LogP contribution in [0, 0.1) is 5.92 Å². The minimum Gasteiger partial charge on any atom is -0.490 e. The first-order chi connectivity index (χ1) is 8.08. The lowest BCUT2D eigenvalue weighted by molar-refractivity contribution is 0.0940. The quantitative estimate of drug-likeness (QED) is 0.794. The monoisotopic (exact) mass is 233 g/mol. The van der Waals surface area contributed by atoms with Gasteiger partial charge in [0.25, 0.3) is 0 Å². The summed E-state index contributed by atoms with van der Waals surface area (Å²) in [5, 5.41) is 0. The fourth-order valence-corrected chi connectivity index (χ4v) is 1.57. The zero-order valence-electron chi connectivity index (χ0n) is 10.3. The van der Waals surface area contributed by atoms with Gasteiger partial charge in [0, 0.05) is 5.56 Å². The molecular weight excluding hydrogens is 214 g/mol. The molecule has 1 aliphatic carbocycles.